The number of aliphatic carboxylic acids is 1. The van der Waals surface area contributed by atoms with Gasteiger partial charge in [0.25, 0.3) is 0 Å². The van der Waals surface area contributed by atoms with E-state index in [1.165, 1.54) is 19.6 Å². The van der Waals surface area contributed by atoms with Crippen molar-refractivity contribution in [3.63, 3.8) is 0 Å². The number of methoxy groups -OCH3 is 1. The van der Waals surface area contributed by atoms with Gasteiger partial charge in [-0.15, -0.1) is 0 Å². The molecule has 2 atom stereocenters. The van der Waals surface area contributed by atoms with Gasteiger partial charge in [-0.2, -0.15) is 0 Å². The summed E-state index contributed by atoms with van der Waals surface area (Å²) in [6, 6.07) is 1.62. The van der Waals surface area contributed by atoms with Crippen molar-refractivity contribution >= 4 is 11.9 Å². The number of rotatable bonds is 10. The van der Waals surface area contributed by atoms with Gasteiger partial charge in [0.15, 0.2) is 12.2 Å². The molecule has 1 heterocycles. The molecule has 1 fully saturated rings. The molecule has 1 aromatic rings. The number of carbonyl (C=O) groups excluding carboxylic acids is 1. The average molecular weight is 340 g/mol. The maximum absolute atomic E-state index is 12.0. The van der Waals surface area contributed by atoms with Gasteiger partial charge < -0.3 is 23.7 Å². The Kier molecular flexibility index (Phi) is 7.27. The molecule has 134 valence electrons. The van der Waals surface area contributed by atoms with Crippen LogP contribution < -0.4 is 0 Å². The first kappa shape index (κ1) is 18.5. The molecule has 1 saturated carbocycles. The Morgan fingerprint density at radius 2 is 2.08 bits per heavy atom. The van der Waals surface area contributed by atoms with Gasteiger partial charge in [-0.3, -0.25) is 0 Å². The Labute approximate surface area is 140 Å². The first-order valence-corrected chi connectivity index (χ1v) is 8.17. The van der Waals surface area contributed by atoms with E-state index < -0.39 is 24.1 Å². The standard InChI is InChI=1S/C17H24O7/c1-21-15(13-6-7-22-11-13)17(20)24-9-8-23-14(16(18)19)10-12-4-2-3-5-12/h6-7,11-12,14-15H,2-5,8-10H2,1H3,(H,18,19)/t14-,15+/m0/s1. The third kappa shape index (κ3) is 5.35. The number of hydrogen-bond donors (Lipinski definition) is 1. The summed E-state index contributed by atoms with van der Waals surface area (Å²) in [5, 5.41) is 9.23. The minimum absolute atomic E-state index is 0.0228. The van der Waals surface area contributed by atoms with Gasteiger partial charge in [-0.05, 0) is 18.4 Å². The molecule has 0 aromatic carbocycles. The molecule has 7 nitrogen and oxygen atoms in total. The molecule has 0 amide bonds. The minimum Gasteiger partial charge on any atom is -0.479 e. The Hall–Kier alpha value is -1.86. The van der Waals surface area contributed by atoms with Crippen LogP contribution >= 0.6 is 0 Å². The topological polar surface area (TPSA) is 95.2 Å². The van der Waals surface area contributed by atoms with E-state index >= 15 is 0 Å². The summed E-state index contributed by atoms with van der Waals surface area (Å²) in [6.07, 6.45) is 6.08. The maximum Gasteiger partial charge on any atom is 0.340 e. The SMILES string of the molecule is CO[C@@H](C(=O)OCCO[C@@H](CC1CCCC1)C(=O)O)c1ccoc1. The number of ether oxygens (including phenoxy) is 3. The van der Waals surface area contributed by atoms with Crippen LogP contribution in [0.4, 0.5) is 0 Å². The van der Waals surface area contributed by atoms with Crippen LogP contribution in [0.3, 0.4) is 0 Å². The first-order valence-electron chi connectivity index (χ1n) is 8.17. The van der Waals surface area contributed by atoms with E-state index in [1.807, 2.05) is 0 Å². The summed E-state index contributed by atoms with van der Waals surface area (Å²) in [4.78, 5) is 23.2. The van der Waals surface area contributed by atoms with Gasteiger partial charge in [-0.25, -0.2) is 9.59 Å². The highest BCUT2D eigenvalue weighted by atomic mass is 16.6. The van der Waals surface area contributed by atoms with Crippen LogP contribution in [0.1, 0.15) is 43.8 Å². The third-order valence-corrected chi connectivity index (χ3v) is 4.24. The van der Waals surface area contributed by atoms with Gasteiger partial charge in [0.05, 0.1) is 19.1 Å². The Morgan fingerprint density at radius 1 is 1.33 bits per heavy atom. The van der Waals surface area contributed by atoms with Crippen molar-refractivity contribution < 1.29 is 33.3 Å². The molecule has 0 unspecified atom stereocenters. The molecular formula is C17H24O7. The van der Waals surface area contributed by atoms with Crippen molar-refractivity contribution in [1.29, 1.82) is 0 Å². The van der Waals surface area contributed by atoms with Crippen molar-refractivity contribution in [3.05, 3.63) is 24.2 Å². The molecule has 0 saturated heterocycles. The van der Waals surface area contributed by atoms with E-state index in [0.717, 1.165) is 25.7 Å². The van der Waals surface area contributed by atoms with Crippen LogP contribution in [-0.4, -0.2) is 43.5 Å². The molecular weight excluding hydrogens is 316 g/mol. The first-order chi connectivity index (χ1) is 11.6. The van der Waals surface area contributed by atoms with Gasteiger partial charge >= 0.3 is 11.9 Å². The Bertz CT molecular complexity index is 505. The largest absolute Gasteiger partial charge is 0.479 e. The number of carbonyl (C=O) groups is 2. The van der Waals surface area contributed by atoms with E-state index in [2.05, 4.69) is 0 Å². The number of esters is 1. The quantitative estimate of drug-likeness (QED) is 0.516. The van der Waals surface area contributed by atoms with Crippen LogP contribution in [0.5, 0.6) is 0 Å². The zero-order chi connectivity index (χ0) is 17.4. The lowest BCUT2D eigenvalue weighted by Crippen LogP contribution is -2.28. The van der Waals surface area contributed by atoms with Crippen molar-refractivity contribution in [2.75, 3.05) is 20.3 Å². The van der Waals surface area contributed by atoms with E-state index in [4.69, 9.17) is 18.6 Å². The van der Waals surface area contributed by atoms with Crippen LogP contribution in [0.2, 0.25) is 0 Å². The van der Waals surface area contributed by atoms with Crippen molar-refractivity contribution in [2.24, 2.45) is 5.92 Å². The van der Waals surface area contributed by atoms with Crippen LogP contribution in [0.25, 0.3) is 0 Å². The second-order valence-electron chi connectivity index (χ2n) is 5.92. The average Bonchev–Trinajstić information content (AvgIpc) is 3.24. The monoisotopic (exact) mass is 340 g/mol. The van der Waals surface area contributed by atoms with Crippen molar-refractivity contribution in [2.45, 2.75) is 44.3 Å². The lowest BCUT2D eigenvalue weighted by molar-refractivity contribution is -0.160. The molecule has 1 N–H and O–H groups in total. The second-order valence-corrected chi connectivity index (χ2v) is 5.92. The number of hydrogen-bond acceptors (Lipinski definition) is 6. The Balaban J connectivity index is 1.71. The molecule has 7 heteroatoms. The smallest absolute Gasteiger partial charge is 0.340 e. The Morgan fingerprint density at radius 3 is 2.67 bits per heavy atom. The van der Waals surface area contributed by atoms with Gasteiger partial charge in [0.1, 0.15) is 6.61 Å². The fourth-order valence-electron chi connectivity index (χ4n) is 2.99. The van der Waals surface area contributed by atoms with E-state index in [9.17, 15) is 14.7 Å². The fourth-order valence-corrected chi connectivity index (χ4v) is 2.99. The summed E-state index contributed by atoms with van der Waals surface area (Å²) in [7, 11) is 1.40. The maximum atomic E-state index is 12.0. The van der Waals surface area contributed by atoms with Gasteiger partial charge in [-0.1, -0.05) is 25.7 Å². The number of furan rings is 1. The zero-order valence-corrected chi connectivity index (χ0v) is 13.8. The minimum atomic E-state index is -0.971. The lowest BCUT2D eigenvalue weighted by Gasteiger charge is -2.18. The van der Waals surface area contributed by atoms with Gasteiger partial charge in [0, 0.05) is 12.7 Å². The highest BCUT2D eigenvalue weighted by molar-refractivity contribution is 5.76. The van der Waals surface area contributed by atoms with Crippen molar-refractivity contribution in [1.82, 2.24) is 0 Å². The molecule has 2 rings (SSSR count). The molecule has 0 radical (unpaired) electrons. The zero-order valence-electron chi connectivity index (χ0n) is 13.8. The molecule has 1 aromatic heterocycles. The summed E-state index contributed by atoms with van der Waals surface area (Å²) >= 11 is 0. The van der Waals surface area contributed by atoms with Crippen LogP contribution in [0, 0.1) is 5.92 Å². The lowest BCUT2D eigenvalue weighted by atomic mass is 10.00. The summed E-state index contributed by atoms with van der Waals surface area (Å²) < 4.78 is 20.5. The summed E-state index contributed by atoms with van der Waals surface area (Å²) in [5.74, 6) is -1.13. The molecule has 24 heavy (non-hydrogen) atoms. The van der Waals surface area contributed by atoms with E-state index in [1.54, 1.807) is 6.07 Å². The van der Waals surface area contributed by atoms with Gasteiger partial charge in [0.2, 0.25) is 0 Å². The van der Waals surface area contributed by atoms with Crippen molar-refractivity contribution in [3.8, 4) is 0 Å². The third-order valence-electron chi connectivity index (χ3n) is 4.24. The molecule has 1 aliphatic carbocycles. The van der Waals surface area contributed by atoms with E-state index in [0.29, 0.717) is 17.9 Å². The normalized spacial score (nSPS) is 17.5. The highest BCUT2D eigenvalue weighted by Crippen LogP contribution is 2.29. The highest BCUT2D eigenvalue weighted by Gasteiger charge is 2.26. The molecule has 0 bridgehead atoms. The summed E-state index contributed by atoms with van der Waals surface area (Å²) in [6.45, 7) is 0.0161. The number of carboxylic acid groups (broad SMARTS) is 1. The fraction of sp³-hybridized carbons (Fsp3) is 0.647. The predicted octanol–water partition coefficient (Wildman–Crippen LogP) is 2.56. The van der Waals surface area contributed by atoms with E-state index in [-0.39, 0.29) is 13.2 Å². The molecule has 0 spiro atoms. The number of carboxylic acids is 1. The molecule has 0 aliphatic heterocycles. The van der Waals surface area contributed by atoms with Crippen LogP contribution in [0.15, 0.2) is 23.0 Å². The summed E-state index contributed by atoms with van der Waals surface area (Å²) in [5.41, 5.74) is 0.563. The van der Waals surface area contributed by atoms with Crippen LogP contribution in [-0.2, 0) is 23.8 Å². The molecule has 1 aliphatic rings. The predicted molar refractivity (Wildman–Crippen MR) is 83.4 cm³/mol. The second kappa shape index (κ2) is 9.44.